The van der Waals surface area contributed by atoms with Gasteiger partial charge < -0.3 is 19.8 Å². The molecule has 0 atom stereocenters. The first-order valence-corrected chi connectivity index (χ1v) is 14.7. The van der Waals surface area contributed by atoms with Gasteiger partial charge in [-0.05, 0) is 13.8 Å². The van der Waals surface area contributed by atoms with Crippen LogP contribution in [-0.2, 0) is 30.1 Å². The number of rotatable bonds is 3. The van der Waals surface area contributed by atoms with Gasteiger partial charge in [0, 0.05) is 33.5 Å². The Kier molecular flexibility index (Phi) is 19.2. The Hall–Kier alpha value is -1.20. The largest absolute Gasteiger partial charge is 0 e. The number of amides is 1. The van der Waals surface area contributed by atoms with E-state index in [4.69, 9.17) is 0 Å². The van der Waals surface area contributed by atoms with Crippen LogP contribution in [-0.4, -0.2) is 58.7 Å². The van der Waals surface area contributed by atoms with Gasteiger partial charge in [-0.2, -0.15) is 0 Å². The van der Waals surface area contributed by atoms with Crippen LogP contribution < -0.4 is 22.5 Å². The number of carbonyl (C=O) groups excluding carboxylic acids is 1. The number of nitrogens with one attached hydrogen (secondary N) is 1. The summed E-state index contributed by atoms with van der Waals surface area (Å²) in [6.07, 6.45) is 0. The molecule has 0 saturated heterocycles. The molecule has 2 rings (SSSR count). The van der Waals surface area contributed by atoms with Gasteiger partial charge in [-0.3, -0.25) is 9.98 Å². The smallest absolute Gasteiger partial charge is 0 e. The summed E-state index contributed by atoms with van der Waals surface area (Å²) in [5.41, 5.74) is 0. The normalized spacial score (nSPS) is 14.1. The SMILES string of the molecule is CC1=NCCN1.CC1=NCCN1C(=O)[CH-]O[N+](=O)[O-].C[I-]I.[Re].[Rf]. The first-order chi connectivity index (χ1) is 10.4. The molecule has 0 spiro atoms. The first-order valence-electron chi connectivity index (χ1n) is 6.24. The van der Waals surface area contributed by atoms with E-state index in [0.717, 1.165) is 18.9 Å². The second kappa shape index (κ2) is 16.7. The number of hydrogen-bond acceptors (Lipinski definition) is 7. The fourth-order valence-corrected chi connectivity index (χ4v) is 1.50. The second-order valence-corrected chi connectivity index (χ2v) is 10.2. The zero-order valence-electron chi connectivity index (χ0n) is 13.7. The molecular formula is C11H19I2N5O4ReRf-2. The second-order valence-electron chi connectivity index (χ2n) is 3.90. The van der Waals surface area contributed by atoms with Crippen molar-refractivity contribution >= 4 is 36.2 Å². The molecule has 2 aliphatic heterocycles. The predicted octanol–water partition coefficient (Wildman–Crippen LogP) is -2.32. The Morgan fingerprint density at radius 2 is 2.04 bits per heavy atom. The van der Waals surface area contributed by atoms with Gasteiger partial charge in [-0.1, -0.05) is 0 Å². The molecule has 137 valence electrons. The van der Waals surface area contributed by atoms with Crippen molar-refractivity contribution in [2.24, 2.45) is 9.98 Å². The zero-order chi connectivity index (χ0) is 17.0. The van der Waals surface area contributed by atoms with Gasteiger partial charge in [0.15, 0.2) is 0 Å². The van der Waals surface area contributed by atoms with E-state index in [1.165, 1.54) is 4.90 Å². The summed E-state index contributed by atoms with van der Waals surface area (Å²) in [6.45, 7) is 7.17. The fraction of sp³-hybridized carbons (Fsp3) is 0.636. The van der Waals surface area contributed by atoms with Gasteiger partial charge >= 0.3 is 40.8 Å². The van der Waals surface area contributed by atoms with Crippen molar-refractivity contribution in [3.8, 4) is 0 Å². The summed E-state index contributed by atoms with van der Waals surface area (Å²) in [4.78, 5) is 36.2. The maximum absolute atomic E-state index is 11.1. The minimum Gasteiger partial charge on any atom is 0 e. The van der Waals surface area contributed by atoms with Gasteiger partial charge in [-0.15, -0.1) is 16.7 Å². The molecule has 2 aliphatic rings. The third-order valence-corrected chi connectivity index (χ3v) is 2.40. The van der Waals surface area contributed by atoms with Crippen LogP contribution in [0.1, 0.15) is 13.8 Å². The first kappa shape index (κ1) is 27.6. The van der Waals surface area contributed by atoms with Crippen LogP contribution >= 0.6 is 18.6 Å². The van der Waals surface area contributed by atoms with E-state index >= 15 is 0 Å². The predicted molar refractivity (Wildman–Crippen MR) is 88.0 cm³/mol. The molecule has 0 fully saturated rings. The quantitative estimate of drug-likeness (QED) is 0.113. The van der Waals surface area contributed by atoms with Gasteiger partial charge in [0.25, 0.3) is 5.09 Å². The number of halogens is 2. The summed E-state index contributed by atoms with van der Waals surface area (Å²) >= 11 is 2.96. The number of amidine groups is 2. The van der Waals surface area contributed by atoms with E-state index in [1.807, 2.05) is 6.92 Å². The Balaban J connectivity index is -0.000000338. The minimum atomic E-state index is -1.04. The summed E-state index contributed by atoms with van der Waals surface area (Å²) in [5.74, 6) is 1.07. The molecule has 0 unspecified atom stereocenters. The molecule has 2 heterocycles. The summed E-state index contributed by atoms with van der Waals surface area (Å²) in [6, 6.07) is 0. The summed E-state index contributed by atoms with van der Waals surface area (Å²) in [7, 11) is 0. The van der Waals surface area contributed by atoms with Gasteiger partial charge in [0.05, 0.1) is 18.9 Å². The minimum absolute atomic E-state index is 0. The molecule has 0 aliphatic carbocycles. The molecule has 1 radical (unpaired) electrons. The van der Waals surface area contributed by atoms with Crippen molar-refractivity contribution in [3.05, 3.63) is 16.7 Å². The Bertz CT molecular complexity index is 443. The van der Waals surface area contributed by atoms with Gasteiger partial charge in [0.1, 0.15) is 11.7 Å². The average molecular weight is 992 g/mol. The van der Waals surface area contributed by atoms with E-state index in [0.29, 0.717) is 42.8 Å². The van der Waals surface area contributed by atoms with Crippen molar-refractivity contribution in [1.82, 2.24) is 10.2 Å². The molecule has 0 bridgehead atoms. The van der Waals surface area contributed by atoms with E-state index in [9.17, 15) is 14.9 Å². The van der Waals surface area contributed by atoms with Crippen LogP contribution in [0.15, 0.2) is 9.98 Å². The standard InChI is InChI=1S/C6H8N3O4.C4H8N2.CH3I2.Re.Rf/c1-5-7-2-3-8(5)6(10)4-13-9(11)12;1-4-5-2-3-6-4;1-3-2;;/h4H,2-3H2,1H3;2-3H2,1H3,(H,5,6);1H3;;/q-1;;-1;;. The van der Waals surface area contributed by atoms with Crippen molar-refractivity contribution < 1.29 is 52.4 Å². The van der Waals surface area contributed by atoms with Gasteiger partial charge in [0.2, 0.25) is 0 Å². The molecule has 24 heavy (non-hydrogen) atoms. The Labute approximate surface area is 169 Å². The molecule has 0 aromatic rings. The van der Waals surface area contributed by atoms with Crippen LogP contribution in [0.5, 0.6) is 0 Å². The molecule has 13 heteroatoms. The monoisotopic (exact) mass is 993 g/mol. The number of carbonyl (C=O) groups is 1. The summed E-state index contributed by atoms with van der Waals surface area (Å²) < 4.78 is 0. The van der Waals surface area contributed by atoms with E-state index in [-0.39, 0.29) is 20.4 Å². The maximum atomic E-state index is 11.1. The fourth-order valence-electron chi connectivity index (χ4n) is 1.50. The van der Waals surface area contributed by atoms with Gasteiger partial charge in [-0.25, -0.2) is 0 Å². The molecule has 0 aromatic heterocycles. The molecule has 0 saturated carbocycles. The Morgan fingerprint density at radius 1 is 1.46 bits per heavy atom. The number of nitrogens with zero attached hydrogens (tertiary/aromatic N) is 4. The maximum Gasteiger partial charge on any atom is 0 e. The topological polar surface area (TPSA) is 109 Å². The third-order valence-electron chi connectivity index (χ3n) is 2.40. The molecule has 9 nitrogen and oxygen atoms in total. The zero-order valence-corrected chi connectivity index (χ0v) is 27.1. The van der Waals surface area contributed by atoms with Crippen LogP contribution in [0.3, 0.4) is 0 Å². The van der Waals surface area contributed by atoms with Crippen molar-refractivity contribution in [2.75, 3.05) is 31.1 Å². The average Bonchev–Trinajstić information content (AvgIpc) is 3.09. The Morgan fingerprint density at radius 3 is 2.33 bits per heavy atom. The number of alkyl halides is 1. The van der Waals surface area contributed by atoms with Crippen molar-refractivity contribution in [1.29, 1.82) is 0 Å². The molecule has 1 amide bonds. The number of aliphatic imine (C=N–C) groups is 2. The number of hydrogen-bond donors (Lipinski definition) is 1. The molecule has 0 aromatic carbocycles. The summed E-state index contributed by atoms with van der Waals surface area (Å²) in [5, 5.41) is 11.8. The third kappa shape index (κ3) is 13.3. The van der Waals surface area contributed by atoms with E-state index in [2.05, 4.69) is 43.7 Å². The van der Waals surface area contributed by atoms with E-state index < -0.39 is 11.0 Å². The van der Waals surface area contributed by atoms with Crippen molar-refractivity contribution in [3.63, 3.8) is 0 Å². The van der Waals surface area contributed by atoms with E-state index in [1.54, 1.807) is 6.92 Å². The molecule has 1 N–H and O–H groups in total. The van der Waals surface area contributed by atoms with Crippen LogP contribution in [0.25, 0.3) is 0 Å². The van der Waals surface area contributed by atoms with Crippen LogP contribution in [0, 0.1) is 16.7 Å². The van der Waals surface area contributed by atoms with Crippen LogP contribution in [0.2, 0.25) is 0 Å². The molecular weight excluding hydrogens is 973 g/mol. The van der Waals surface area contributed by atoms with Crippen LogP contribution in [0.4, 0.5) is 0 Å². The van der Waals surface area contributed by atoms with Crippen molar-refractivity contribution in [2.45, 2.75) is 13.8 Å².